The van der Waals surface area contributed by atoms with Crippen LogP contribution in [-0.2, 0) is 9.53 Å². The van der Waals surface area contributed by atoms with Gasteiger partial charge in [-0.2, -0.15) is 0 Å². The van der Waals surface area contributed by atoms with Gasteiger partial charge < -0.3 is 9.84 Å². The molecule has 1 rings (SSSR count). The molecule has 0 aromatic heterocycles. The van der Waals surface area contributed by atoms with E-state index >= 15 is 0 Å². The Morgan fingerprint density at radius 2 is 1.50 bits per heavy atom. The quantitative estimate of drug-likeness (QED) is 0.736. The number of hydrogen-bond acceptors (Lipinski definition) is 2. The minimum Gasteiger partial charge on any atom is -0.479 e. The maximum Gasteiger partial charge on any atom is 0.337 e. The van der Waals surface area contributed by atoms with Crippen LogP contribution >= 0.6 is 0 Å². The fraction of sp³-hybridized carbons (Fsp3) is 0.476. The number of allylic oxidation sites excluding steroid dienone is 2. The number of rotatable bonds is 5. The lowest BCUT2D eigenvalue weighted by Crippen LogP contribution is -2.35. The Bertz CT molecular complexity index is 647. The van der Waals surface area contributed by atoms with Crippen LogP contribution in [0.15, 0.2) is 41.0 Å². The lowest BCUT2D eigenvalue weighted by atomic mass is 9.87. The van der Waals surface area contributed by atoms with Crippen LogP contribution in [0.1, 0.15) is 59.6 Å². The normalized spacial score (nSPS) is 12.5. The average Bonchev–Trinajstić information content (AvgIpc) is 2.42. The fourth-order valence-electron chi connectivity index (χ4n) is 2.66. The number of aliphatic carboxylic acids is 1. The Labute approximate surface area is 146 Å². The molecule has 24 heavy (non-hydrogen) atoms. The first-order valence-electron chi connectivity index (χ1n) is 8.27. The summed E-state index contributed by atoms with van der Waals surface area (Å²) < 4.78 is 5.91. The maximum atomic E-state index is 12.0. The molecule has 1 aromatic carbocycles. The molecule has 0 aliphatic rings. The molecule has 0 spiro atoms. The van der Waals surface area contributed by atoms with Gasteiger partial charge in [0.2, 0.25) is 0 Å². The highest BCUT2D eigenvalue weighted by molar-refractivity contribution is 5.90. The molecular weight excluding hydrogens is 300 g/mol. The van der Waals surface area contributed by atoms with Crippen LogP contribution in [-0.4, -0.2) is 22.8 Å². The number of hydrogen-bond donors (Lipinski definition) is 1. The predicted octanol–water partition coefficient (Wildman–Crippen LogP) is 5.39. The van der Waals surface area contributed by atoms with E-state index in [1.807, 2.05) is 79.7 Å². The van der Waals surface area contributed by atoms with Crippen LogP contribution in [0.3, 0.4) is 0 Å². The number of aryl methyl sites for hydroxylation is 1. The van der Waals surface area contributed by atoms with E-state index in [9.17, 15) is 9.90 Å². The van der Waals surface area contributed by atoms with Crippen molar-refractivity contribution in [3.05, 3.63) is 52.1 Å². The summed E-state index contributed by atoms with van der Waals surface area (Å²) in [5.74, 6) is -0.966. The SMILES string of the molecule is CC(C)=C(C(=C(C)C)C(OC(C)(C)C)C(=O)O)c1ccc(C)cc1. The van der Waals surface area contributed by atoms with Crippen LogP contribution in [0.2, 0.25) is 0 Å². The molecule has 0 saturated carbocycles. The first-order chi connectivity index (χ1) is 10.9. The second-order valence-corrected chi connectivity index (χ2v) is 7.60. The summed E-state index contributed by atoms with van der Waals surface area (Å²) in [5, 5.41) is 9.80. The van der Waals surface area contributed by atoms with E-state index in [2.05, 4.69) is 0 Å². The number of benzene rings is 1. The van der Waals surface area contributed by atoms with Crippen LogP contribution in [0, 0.1) is 6.92 Å². The largest absolute Gasteiger partial charge is 0.479 e. The maximum absolute atomic E-state index is 12.0. The van der Waals surface area contributed by atoms with Crippen molar-refractivity contribution < 1.29 is 14.6 Å². The van der Waals surface area contributed by atoms with Crippen molar-refractivity contribution in [1.29, 1.82) is 0 Å². The zero-order chi connectivity index (χ0) is 18.7. The minimum absolute atomic E-state index is 0.552. The Morgan fingerprint density at radius 1 is 1.00 bits per heavy atom. The van der Waals surface area contributed by atoms with Crippen molar-refractivity contribution in [2.45, 2.75) is 67.1 Å². The molecule has 1 unspecified atom stereocenters. The van der Waals surface area contributed by atoms with Gasteiger partial charge in [0.25, 0.3) is 0 Å². The van der Waals surface area contributed by atoms with Gasteiger partial charge in [-0.05, 0) is 72.1 Å². The first-order valence-corrected chi connectivity index (χ1v) is 8.27. The third-order valence-electron chi connectivity index (χ3n) is 3.61. The van der Waals surface area contributed by atoms with Gasteiger partial charge in [-0.25, -0.2) is 4.79 Å². The van der Waals surface area contributed by atoms with Crippen LogP contribution in [0.5, 0.6) is 0 Å². The van der Waals surface area contributed by atoms with Crippen molar-refractivity contribution in [2.24, 2.45) is 0 Å². The highest BCUT2D eigenvalue weighted by Crippen LogP contribution is 2.34. The van der Waals surface area contributed by atoms with Gasteiger partial charge in [0.05, 0.1) is 5.60 Å². The third kappa shape index (κ3) is 5.34. The molecule has 0 fully saturated rings. The molecule has 0 saturated heterocycles. The van der Waals surface area contributed by atoms with Crippen molar-refractivity contribution in [3.63, 3.8) is 0 Å². The Morgan fingerprint density at radius 3 is 1.83 bits per heavy atom. The van der Waals surface area contributed by atoms with E-state index in [4.69, 9.17) is 4.74 Å². The lowest BCUT2D eigenvalue weighted by Gasteiger charge is -2.29. The van der Waals surface area contributed by atoms with Crippen LogP contribution in [0.25, 0.3) is 5.57 Å². The predicted molar refractivity (Wildman–Crippen MR) is 100 cm³/mol. The number of carbonyl (C=O) groups is 1. The highest BCUT2D eigenvalue weighted by Gasteiger charge is 2.32. The molecule has 1 atom stereocenters. The monoisotopic (exact) mass is 330 g/mol. The molecule has 0 radical (unpaired) electrons. The number of ether oxygens (including phenoxy) is 1. The smallest absolute Gasteiger partial charge is 0.337 e. The molecule has 1 aromatic rings. The second-order valence-electron chi connectivity index (χ2n) is 7.60. The topological polar surface area (TPSA) is 46.5 Å². The van der Waals surface area contributed by atoms with Gasteiger partial charge >= 0.3 is 5.97 Å². The third-order valence-corrected chi connectivity index (χ3v) is 3.61. The number of carboxylic acids is 1. The van der Waals surface area contributed by atoms with Crippen molar-refractivity contribution >= 4 is 11.5 Å². The average molecular weight is 330 g/mol. The molecule has 1 N–H and O–H groups in total. The Kier molecular flexibility index (Phi) is 6.56. The van der Waals surface area contributed by atoms with E-state index in [0.717, 1.165) is 27.9 Å². The zero-order valence-corrected chi connectivity index (χ0v) is 16.2. The van der Waals surface area contributed by atoms with Gasteiger partial charge in [-0.3, -0.25) is 0 Å². The van der Waals surface area contributed by atoms with E-state index in [0.29, 0.717) is 0 Å². The summed E-state index contributed by atoms with van der Waals surface area (Å²) in [7, 11) is 0. The van der Waals surface area contributed by atoms with Gasteiger partial charge in [0.1, 0.15) is 0 Å². The highest BCUT2D eigenvalue weighted by atomic mass is 16.5. The molecule has 0 aliphatic heterocycles. The first kappa shape index (κ1) is 20.2. The Balaban J connectivity index is 3.55. The summed E-state index contributed by atoms with van der Waals surface area (Å²) >= 11 is 0. The molecule has 0 bridgehead atoms. The van der Waals surface area contributed by atoms with Gasteiger partial charge in [-0.15, -0.1) is 0 Å². The van der Waals surface area contributed by atoms with Crippen molar-refractivity contribution in [1.82, 2.24) is 0 Å². The molecule has 0 amide bonds. The van der Waals surface area contributed by atoms with Crippen LogP contribution in [0.4, 0.5) is 0 Å². The molecule has 0 heterocycles. The molecule has 3 nitrogen and oxygen atoms in total. The fourth-order valence-corrected chi connectivity index (χ4v) is 2.66. The molecule has 3 heteroatoms. The minimum atomic E-state index is -0.999. The van der Waals surface area contributed by atoms with Crippen molar-refractivity contribution in [3.8, 4) is 0 Å². The second kappa shape index (κ2) is 7.80. The van der Waals surface area contributed by atoms with E-state index in [-0.39, 0.29) is 0 Å². The number of carboxylic acid groups (broad SMARTS) is 1. The molecular formula is C21H30O3. The van der Waals surface area contributed by atoms with Crippen LogP contribution < -0.4 is 0 Å². The summed E-state index contributed by atoms with van der Waals surface area (Å²) in [6.45, 7) is 15.6. The molecule has 0 aliphatic carbocycles. The molecule has 132 valence electrons. The summed E-state index contributed by atoms with van der Waals surface area (Å²) in [6, 6.07) is 8.16. The summed E-state index contributed by atoms with van der Waals surface area (Å²) in [4.78, 5) is 12.0. The van der Waals surface area contributed by atoms with E-state index in [1.54, 1.807) is 0 Å². The zero-order valence-electron chi connectivity index (χ0n) is 16.2. The van der Waals surface area contributed by atoms with E-state index in [1.165, 1.54) is 5.56 Å². The lowest BCUT2D eigenvalue weighted by molar-refractivity contribution is -0.155. The summed E-state index contributed by atoms with van der Waals surface area (Å²) in [5.41, 5.74) is 5.34. The summed E-state index contributed by atoms with van der Waals surface area (Å²) in [6.07, 6.45) is -0.999. The van der Waals surface area contributed by atoms with Gasteiger partial charge in [-0.1, -0.05) is 41.0 Å². The van der Waals surface area contributed by atoms with Gasteiger partial charge in [0.15, 0.2) is 6.10 Å². The standard InChI is InChI=1S/C21H30O3/c1-13(2)17(16-11-9-15(5)10-12-16)18(14(3)4)19(20(22)23)24-21(6,7)8/h9-12,19H,1-8H3,(H,22,23). The Hall–Kier alpha value is -1.87. The van der Waals surface area contributed by atoms with Gasteiger partial charge in [0, 0.05) is 0 Å². The van der Waals surface area contributed by atoms with Crippen molar-refractivity contribution in [2.75, 3.05) is 0 Å². The van der Waals surface area contributed by atoms with E-state index < -0.39 is 17.7 Å².